The molecule has 0 spiro atoms. The van der Waals surface area contributed by atoms with Gasteiger partial charge in [0.2, 0.25) is 0 Å². The molecular formula is C22H24K2N4O9. The number of ether oxygens (including phenoxy) is 3. The van der Waals surface area contributed by atoms with Gasteiger partial charge in [0.15, 0.2) is 0 Å². The number of aliphatic carboxylic acids is 2. The first kappa shape index (κ1) is 36.2. The molecule has 0 aliphatic rings. The smallest absolute Gasteiger partial charge is 0.548 e. The van der Waals surface area contributed by atoms with E-state index in [1.54, 1.807) is 30.0 Å². The number of azo groups is 1. The predicted molar refractivity (Wildman–Crippen MR) is 119 cm³/mol. The van der Waals surface area contributed by atoms with Crippen LogP contribution in [0.5, 0.6) is 5.75 Å². The molecule has 0 radical (unpaired) electrons. The third kappa shape index (κ3) is 14.2. The second kappa shape index (κ2) is 20.1. The Balaban J connectivity index is 0.00000648. The van der Waals surface area contributed by atoms with Crippen molar-refractivity contribution in [2.75, 3.05) is 51.0 Å². The van der Waals surface area contributed by atoms with Crippen LogP contribution in [-0.4, -0.2) is 63.0 Å². The molecule has 0 heterocycles. The fourth-order valence-corrected chi connectivity index (χ4v) is 2.87. The van der Waals surface area contributed by atoms with Gasteiger partial charge in [0, 0.05) is 31.3 Å². The first-order valence-corrected chi connectivity index (χ1v) is 10.5. The van der Waals surface area contributed by atoms with E-state index in [-0.39, 0.29) is 135 Å². The maximum absolute atomic E-state index is 10.8. The van der Waals surface area contributed by atoms with E-state index in [0.29, 0.717) is 29.4 Å². The summed E-state index contributed by atoms with van der Waals surface area (Å²) >= 11 is 0. The molecule has 0 saturated carbocycles. The molecule has 37 heavy (non-hydrogen) atoms. The molecule has 0 N–H and O–H groups in total. The Bertz CT molecular complexity index is 1020. The summed E-state index contributed by atoms with van der Waals surface area (Å²) in [6.45, 7) is 1.64. The van der Waals surface area contributed by atoms with Crippen molar-refractivity contribution in [1.82, 2.24) is 0 Å². The van der Waals surface area contributed by atoms with Crippen LogP contribution in [0.2, 0.25) is 0 Å². The van der Waals surface area contributed by atoms with Crippen LogP contribution in [-0.2, 0) is 19.1 Å². The monoisotopic (exact) mass is 566 g/mol. The molecule has 0 aliphatic carbocycles. The Labute approximate surface area is 298 Å². The minimum absolute atomic E-state index is 0. The quantitative estimate of drug-likeness (QED) is 0.0626. The number of anilines is 1. The van der Waals surface area contributed by atoms with E-state index in [1.807, 2.05) is 0 Å². The first-order chi connectivity index (χ1) is 16.8. The van der Waals surface area contributed by atoms with E-state index in [1.165, 1.54) is 24.3 Å². The van der Waals surface area contributed by atoms with Crippen LogP contribution in [0.25, 0.3) is 0 Å². The van der Waals surface area contributed by atoms with Gasteiger partial charge in [-0.15, -0.1) is 0 Å². The van der Waals surface area contributed by atoms with Gasteiger partial charge in [0.1, 0.15) is 5.75 Å². The number of carboxylic acid groups (broad SMARTS) is 2. The number of rotatable bonds is 16. The van der Waals surface area contributed by atoms with Crippen LogP contribution in [0, 0.1) is 10.1 Å². The molecule has 2 aromatic carbocycles. The van der Waals surface area contributed by atoms with Crippen molar-refractivity contribution < 1.29 is 142 Å². The Morgan fingerprint density at radius 2 is 1.41 bits per heavy atom. The zero-order valence-electron chi connectivity index (χ0n) is 21.0. The summed E-state index contributed by atoms with van der Waals surface area (Å²) in [5, 5.41) is 40.1. The molecule has 2 rings (SSSR count). The van der Waals surface area contributed by atoms with E-state index >= 15 is 0 Å². The number of hydrogen-bond donors (Lipinski definition) is 0. The number of hydrogen-bond acceptors (Lipinski definition) is 12. The summed E-state index contributed by atoms with van der Waals surface area (Å²) in [4.78, 5) is 33.2. The second-order valence-corrected chi connectivity index (χ2v) is 6.89. The van der Waals surface area contributed by atoms with Gasteiger partial charge in [-0.2, -0.15) is 10.2 Å². The van der Waals surface area contributed by atoms with Crippen molar-refractivity contribution >= 4 is 34.7 Å². The molecule has 0 saturated heterocycles. The number of benzene rings is 2. The molecule has 0 atom stereocenters. The van der Waals surface area contributed by atoms with Crippen LogP contribution in [0.4, 0.5) is 22.7 Å². The van der Waals surface area contributed by atoms with Crippen LogP contribution >= 0.6 is 0 Å². The van der Waals surface area contributed by atoms with Gasteiger partial charge in [-0.25, -0.2) is 0 Å². The van der Waals surface area contributed by atoms with Crippen molar-refractivity contribution in [1.29, 1.82) is 0 Å². The molecule has 0 bridgehead atoms. The van der Waals surface area contributed by atoms with Crippen molar-refractivity contribution in [3.05, 3.63) is 52.6 Å². The number of carbonyl (C=O) groups is 2. The van der Waals surface area contributed by atoms with Crippen LogP contribution in [0.1, 0.15) is 6.92 Å². The summed E-state index contributed by atoms with van der Waals surface area (Å²) in [5.41, 5.74) is 1.45. The molecule has 188 valence electrons. The Morgan fingerprint density at radius 3 is 1.89 bits per heavy atom. The molecular weight excluding hydrogens is 542 g/mol. The zero-order valence-corrected chi connectivity index (χ0v) is 27.2. The molecule has 13 nitrogen and oxygen atoms in total. The maximum atomic E-state index is 10.8. The number of nitrogens with zero attached hydrogens (tertiary/aromatic N) is 4. The molecule has 0 aliphatic heterocycles. The molecule has 15 heteroatoms. The van der Waals surface area contributed by atoms with E-state index < -0.39 is 30.1 Å². The fraction of sp³-hybridized carbons (Fsp3) is 0.364. The van der Waals surface area contributed by atoms with E-state index in [0.717, 1.165) is 0 Å². The van der Waals surface area contributed by atoms with Gasteiger partial charge >= 0.3 is 103 Å². The van der Waals surface area contributed by atoms with Gasteiger partial charge in [-0.05, 0) is 31.2 Å². The SMILES string of the molecule is CCOc1cc(N=Nc2ccc([N+](=O)[O-])cc2)ccc1N(CCOCC(=O)[O-])CCOCC(=O)[O-].[K+].[K+]. The van der Waals surface area contributed by atoms with Crippen LogP contribution < -0.4 is 123 Å². The van der Waals surface area contributed by atoms with Crippen molar-refractivity contribution in [2.45, 2.75) is 6.92 Å². The van der Waals surface area contributed by atoms with Crippen molar-refractivity contribution in [3.63, 3.8) is 0 Å². The third-order valence-corrected chi connectivity index (χ3v) is 4.38. The summed E-state index contributed by atoms with van der Waals surface area (Å²) in [7, 11) is 0. The molecule has 0 aromatic heterocycles. The van der Waals surface area contributed by atoms with E-state index in [4.69, 9.17) is 14.2 Å². The maximum Gasteiger partial charge on any atom is 1.00 e. The second-order valence-electron chi connectivity index (χ2n) is 6.89. The molecule has 0 fully saturated rings. The van der Waals surface area contributed by atoms with Crippen molar-refractivity contribution in [3.8, 4) is 5.75 Å². The first-order valence-electron chi connectivity index (χ1n) is 10.5. The summed E-state index contributed by atoms with van der Waals surface area (Å²) in [6, 6.07) is 10.6. The van der Waals surface area contributed by atoms with Gasteiger partial charge in [0.25, 0.3) is 5.69 Å². The number of carboxylic acids is 2. The van der Waals surface area contributed by atoms with E-state index in [9.17, 15) is 29.9 Å². The Morgan fingerprint density at radius 1 is 0.892 bits per heavy atom. The zero-order chi connectivity index (χ0) is 25.6. The average molecular weight is 567 g/mol. The Hall–Kier alpha value is -0.827. The third-order valence-electron chi connectivity index (χ3n) is 4.38. The number of carbonyl (C=O) groups excluding carboxylic acids is 2. The average Bonchev–Trinajstić information content (AvgIpc) is 2.82. The molecule has 2 aromatic rings. The fourth-order valence-electron chi connectivity index (χ4n) is 2.87. The number of nitro benzene ring substituents is 1. The molecule has 0 unspecified atom stereocenters. The topological polar surface area (TPSA) is 179 Å². The predicted octanol–water partition coefficient (Wildman–Crippen LogP) is -5.24. The minimum Gasteiger partial charge on any atom is -0.548 e. The van der Waals surface area contributed by atoms with Crippen LogP contribution in [0.3, 0.4) is 0 Å². The summed E-state index contributed by atoms with van der Waals surface area (Å²) in [6.07, 6.45) is 0. The standard InChI is InChI=1S/C22H26N4O9.2K/c1-2-35-20-13-17(24-23-16-3-6-18(7-4-16)26(31)32)5-8-19(20)25(9-11-33-14-21(27)28)10-12-34-15-22(29)30;;/h3-8,13H,2,9-12,14-15H2,1H3,(H,27,28)(H,29,30);;/q;2*+1/p-2. The van der Waals surface area contributed by atoms with Crippen LogP contribution in [0.15, 0.2) is 52.7 Å². The largest absolute Gasteiger partial charge is 1.00 e. The summed E-state index contributed by atoms with van der Waals surface area (Å²) in [5.74, 6) is -2.23. The van der Waals surface area contributed by atoms with Gasteiger partial charge in [-0.3, -0.25) is 10.1 Å². The van der Waals surface area contributed by atoms with E-state index in [2.05, 4.69) is 10.2 Å². The Kier molecular flexibility index (Phi) is 19.7. The van der Waals surface area contributed by atoms with Crippen molar-refractivity contribution in [2.24, 2.45) is 10.2 Å². The summed E-state index contributed by atoms with van der Waals surface area (Å²) < 4.78 is 15.9. The molecule has 0 amide bonds. The number of non-ortho nitro benzene ring substituents is 1. The van der Waals surface area contributed by atoms with Gasteiger partial charge in [0.05, 0.1) is 67.0 Å². The van der Waals surface area contributed by atoms with Gasteiger partial charge in [-0.1, -0.05) is 0 Å². The normalized spacial score (nSPS) is 10.3. The minimum atomic E-state index is -1.34. The number of nitro groups is 1. The van der Waals surface area contributed by atoms with Gasteiger partial charge < -0.3 is 38.9 Å².